The fourth-order valence-corrected chi connectivity index (χ4v) is 6.13. The molecule has 0 aromatic heterocycles. The molecule has 0 amide bonds. The van der Waals surface area contributed by atoms with Gasteiger partial charge in [0.25, 0.3) is 0 Å². The zero-order valence-corrected chi connectivity index (χ0v) is 25.4. The molecule has 2 heteroatoms. The average molecular weight is 522 g/mol. The van der Waals surface area contributed by atoms with Crippen LogP contribution in [0, 0.1) is 18.0 Å². The van der Waals surface area contributed by atoms with Crippen LogP contribution in [-0.2, 0) is 6.42 Å². The van der Waals surface area contributed by atoms with Gasteiger partial charge < -0.3 is 0 Å². The standard InChI is InChI=1S/C36H61N2/c1-3-5-7-9-11-13-14-16-17-19-24-28-34(32-33-26-22-21-23-27-33)35(36-37-30-31-38-36)29-25-20-18-15-12-10-8-6-4-2/h21-23,26-27,30-31,34-35H,3-20,24-25,28-29,32H2,1-2H3/q+1. The smallest absolute Gasteiger partial charge is 0.0965 e. The van der Waals surface area contributed by atoms with Crippen molar-refractivity contribution in [2.75, 3.05) is 0 Å². The first-order valence-electron chi connectivity index (χ1n) is 16.8. The van der Waals surface area contributed by atoms with Crippen LogP contribution in [0.2, 0.25) is 0 Å². The van der Waals surface area contributed by atoms with E-state index in [1.54, 1.807) is 0 Å². The van der Waals surface area contributed by atoms with Gasteiger partial charge in [0.1, 0.15) is 0 Å². The number of unbranched alkanes of at least 4 members (excludes halogenated alkanes) is 18. The van der Waals surface area contributed by atoms with Gasteiger partial charge in [-0.3, -0.25) is 0 Å². The van der Waals surface area contributed by atoms with Crippen LogP contribution >= 0.6 is 0 Å². The summed E-state index contributed by atoms with van der Waals surface area (Å²) < 4.78 is 0. The minimum absolute atomic E-state index is 0.498. The minimum Gasteiger partial charge on any atom is -0.0965 e. The summed E-state index contributed by atoms with van der Waals surface area (Å²) in [4.78, 5) is 9.46. The normalized spacial score (nSPS) is 14.4. The fraction of sp³-hybridized carbons (Fsp3) is 0.750. The van der Waals surface area contributed by atoms with Crippen LogP contribution < -0.4 is 0 Å². The Labute approximate surface area is 237 Å². The molecule has 0 fully saturated rings. The van der Waals surface area contributed by atoms with Gasteiger partial charge in [-0.2, -0.15) is 0 Å². The maximum Gasteiger partial charge on any atom is 0.244 e. The Balaban J connectivity index is 1.77. The molecule has 2 atom stereocenters. The van der Waals surface area contributed by atoms with E-state index in [-0.39, 0.29) is 0 Å². The van der Waals surface area contributed by atoms with Crippen molar-refractivity contribution < 1.29 is 0 Å². The van der Waals surface area contributed by atoms with Gasteiger partial charge in [-0.05, 0) is 30.7 Å². The van der Waals surface area contributed by atoms with Crippen LogP contribution in [-0.4, -0.2) is 12.4 Å². The molecule has 2 nitrogen and oxygen atoms in total. The van der Waals surface area contributed by atoms with Gasteiger partial charge in [-0.25, -0.2) is 0 Å². The van der Waals surface area contributed by atoms with E-state index in [0.717, 1.165) is 12.6 Å². The molecule has 0 saturated heterocycles. The second kappa shape index (κ2) is 23.3. The van der Waals surface area contributed by atoms with Gasteiger partial charge in [0.2, 0.25) is 6.17 Å². The Bertz CT molecular complexity index is 683. The van der Waals surface area contributed by atoms with E-state index in [1.807, 2.05) is 12.4 Å². The maximum atomic E-state index is 4.73. The van der Waals surface area contributed by atoms with Crippen LogP contribution in [0.1, 0.15) is 161 Å². The van der Waals surface area contributed by atoms with Gasteiger partial charge in [0.15, 0.2) is 12.4 Å². The first-order valence-corrected chi connectivity index (χ1v) is 16.8. The molecular formula is C36H61N2+. The molecule has 0 bridgehead atoms. The quantitative estimate of drug-likeness (QED) is 0.0855. The summed E-state index contributed by atoms with van der Waals surface area (Å²) in [7, 11) is 0. The first kappa shape index (κ1) is 32.6. The minimum atomic E-state index is 0.498. The Kier molecular flexibility index (Phi) is 20.0. The molecule has 0 radical (unpaired) electrons. The molecule has 0 N–H and O–H groups in total. The number of rotatable bonds is 26. The molecule has 1 aliphatic rings. The number of hydrogen-bond acceptors (Lipinski definition) is 2. The molecule has 0 aliphatic carbocycles. The largest absolute Gasteiger partial charge is 0.244 e. The summed E-state index contributed by atoms with van der Waals surface area (Å²) in [6, 6.07) is 11.2. The summed E-state index contributed by atoms with van der Waals surface area (Å²) in [5.74, 6) is 1.14. The topological polar surface area (TPSA) is 24.7 Å². The third-order valence-corrected chi connectivity index (χ3v) is 8.52. The van der Waals surface area contributed by atoms with Crippen molar-refractivity contribution in [3.63, 3.8) is 0 Å². The second-order valence-corrected chi connectivity index (χ2v) is 11.9. The lowest BCUT2D eigenvalue weighted by Crippen LogP contribution is -2.22. The van der Waals surface area contributed by atoms with Crippen LogP contribution in [0.15, 0.2) is 40.3 Å². The van der Waals surface area contributed by atoms with Crippen LogP contribution in [0.4, 0.5) is 0 Å². The van der Waals surface area contributed by atoms with Crippen molar-refractivity contribution in [3.05, 3.63) is 42.1 Å². The van der Waals surface area contributed by atoms with Gasteiger partial charge in [0.05, 0.1) is 5.92 Å². The van der Waals surface area contributed by atoms with E-state index in [4.69, 9.17) is 9.98 Å². The summed E-state index contributed by atoms with van der Waals surface area (Å²) in [5.41, 5.74) is 1.48. The molecule has 0 saturated carbocycles. The van der Waals surface area contributed by atoms with Gasteiger partial charge >= 0.3 is 0 Å². The van der Waals surface area contributed by atoms with Gasteiger partial charge in [0, 0.05) is 0 Å². The molecule has 38 heavy (non-hydrogen) atoms. The highest BCUT2D eigenvalue weighted by Gasteiger charge is 2.35. The van der Waals surface area contributed by atoms with Crippen molar-refractivity contribution in [3.8, 4) is 0 Å². The maximum absolute atomic E-state index is 4.73. The summed E-state index contributed by atoms with van der Waals surface area (Å²) in [6.07, 6.45) is 36.7. The fourth-order valence-electron chi connectivity index (χ4n) is 6.13. The molecule has 1 aromatic rings. The highest BCUT2D eigenvalue weighted by Crippen LogP contribution is 2.37. The Morgan fingerprint density at radius 2 is 0.947 bits per heavy atom. The van der Waals surface area contributed by atoms with Gasteiger partial charge in [-0.1, -0.05) is 183 Å². The molecular weight excluding hydrogens is 460 g/mol. The van der Waals surface area contributed by atoms with Gasteiger partial charge in [-0.15, -0.1) is 0 Å². The lowest BCUT2D eigenvalue weighted by molar-refractivity contribution is 0.284. The first-order chi connectivity index (χ1) is 18.8. The third kappa shape index (κ3) is 15.7. The number of hydrogen-bond donors (Lipinski definition) is 0. The van der Waals surface area contributed by atoms with E-state index in [9.17, 15) is 0 Å². The molecule has 1 aromatic carbocycles. The average Bonchev–Trinajstić information content (AvgIpc) is 3.48. The molecule has 0 spiro atoms. The number of nitrogens with zero attached hydrogens (tertiary/aromatic N) is 2. The lowest BCUT2D eigenvalue weighted by Gasteiger charge is -2.26. The third-order valence-electron chi connectivity index (χ3n) is 8.52. The molecule has 1 aliphatic heterocycles. The Morgan fingerprint density at radius 3 is 1.42 bits per heavy atom. The number of aliphatic imine (C=N–C) groups is 2. The summed E-state index contributed by atoms with van der Waals surface area (Å²) in [5, 5.41) is 0. The van der Waals surface area contributed by atoms with E-state index in [1.165, 1.54) is 147 Å². The second-order valence-electron chi connectivity index (χ2n) is 11.9. The Morgan fingerprint density at radius 1 is 0.526 bits per heavy atom. The van der Waals surface area contributed by atoms with Crippen molar-refractivity contribution in [1.82, 2.24) is 0 Å². The van der Waals surface area contributed by atoms with E-state index in [2.05, 4.69) is 44.2 Å². The Hall–Kier alpha value is -1.57. The van der Waals surface area contributed by atoms with E-state index in [0.29, 0.717) is 11.8 Å². The van der Waals surface area contributed by atoms with Crippen molar-refractivity contribution >= 4 is 12.4 Å². The SMILES string of the molecule is CCCCCCCCCCCCCC(Cc1ccccc1)C(CCCCCCCCCCC)[C+]1N=CC=N1. The van der Waals surface area contributed by atoms with Crippen molar-refractivity contribution in [2.45, 2.75) is 162 Å². The molecule has 2 rings (SSSR count). The predicted molar refractivity (Wildman–Crippen MR) is 170 cm³/mol. The zero-order valence-electron chi connectivity index (χ0n) is 25.4. The summed E-state index contributed by atoms with van der Waals surface area (Å²) >= 11 is 0. The van der Waals surface area contributed by atoms with E-state index < -0.39 is 0 Å². The van der Waals surface area contributed by atoms with E-state index >= 15 is 0 Å². The molecule has 214 valence electrons. The number of benzene rings is 1. The van der Waals surface area contributed by atoms with Crippen LogP contribution in [0.25, 0.3) is 0 Å². The monoisotopic (exact) mass is 521 g/mol. The predicted octanol–water partition coefficient (Wildman–Crippen LogP) is 11.7. The van der Waals surface area contributed by atoms with Crippen molar-refractivity contribution in [2.24, 2.45) is 21.8 Å². The summed E-state index contributed by atoms with van der Waals surface area (Å²) in [6.45, 7) is 4.60. The highest BCUT2D eigenvalue weighted by atomic mass is 15.0. The highest BCUT2D eigenvalue weighted by molar-refractivity contribution is 6.18. The molecule has 2 unspecified atom stereocenters. The van der Waals surface area contributed by atoms with Crippen LogP contribution in [0.3, 0.4) is 0 Å². The molecule has 1 heterocycles. The lowest BCUT2D eigenvalue weighted by atomic mass is 9.78. The van der Waals surface area contributed by atoms with Crippen molar-refractivity contribution in [1.29, 1.82) is 0 Å². The zero-order chi connectivity index (χ0) is 26.9. The van der Waals surface area contributed by atoms with Crippen LogP contribution in [0.5, 0.6) is 0 Å².